The Hall–Kier alpha value is -1.89. The van der Waals surface area contributed by atoms with Gasteiger partial charge in [-0.15, -0.1) is 0 Å². The van der Waals surface area contributed by atoms with Crippen LogP contribution in [0.25, 0.3) is 0 Å². The van der Waals surface area contributed by atoms with E-state index < -0.39 is 5.97 Å². The Morgan fingerprint density at radius 2 is 2.13 bits per heavy atom. The van der Waals surface area contributed by atoms with Gasteiger partial charge >= 0.3 is 5.97 Å². The quantitative estimate of drug-likeness (QED) is 0.846. The van der Waals surface area contributed by atoms with Crippen molar-refractivity contribution in [3.8, 4) is 0 Å². The molecule has 0 bridgehead atoms. The lowest BCUT2D eigenvalue weighted by Crippen LogP contribution is -2.47. The second-order valence-corrected chi connectivity index (χ2v) is 7.20. The minimum Gasteiger partial charge on any atom is -0.480 e. The number of carbonyl (C=O) groups is 2. The molecule has 1 aromatic rings. The van der Waals surface area contributed by atoms with Gasteiger partial charge in [0.2, 0.25) is 5.91 Å². The number of carbonyl (C=O) groups excluding carboxylic acids is 1. The van der Waals surface area contributed by atoms with Crippen LogP contribution < -0.4 is 5.32 Å². The molecule has 1 aromatic heterocycles. The fourth-order valence-electron chi connectivity index (χ4n) is 2.92. The summed E-state index contributed by atoms with van der Waals surface area (Å²) in [7, 11) is 0. The van der Waals surface area contributed by atoms with Crippen LogP contribution in [0.15, 0.2) is 12.3 Å². The predicted octanol–water partition coefficient (Wildman–Crippen LogP) is 1.06. The van der Waals surface area contributed by atoms with Crippen molar-refractivity contribution in [3.05, 3.63) is 18.0 Å². The third kappa shape index (κ3) is 5.67. The number of hydrogen-bond donors (Lipinski definition) is 2. The van der Waals surface area contributed by atoms with E-state index in [1.54, 1.807) is 6.20 Å². The highest BCUT2D eigenvalue weighted by atomic mass is 16.4. The van der Waals surface area contributed by atoms with E-state index in [-0.39, 0.29) is 23.9 Å². The lowest BCUT2D eigenvalue weighted by molar-refractivity contribution is -0.138. The molecule has 23 heavy (non-hydrogen) atoms. The number of rotatable bonds is 5. The third-order valence-corrected chi connectivity index (χ3v) is 3.76. The maximum absolute atomic E-state index is 12.1. The summed E-state index contributed by atoms with van der Waals surface area (Å²) >= 11 is 0. The summed E-state index contributed by atoms with van der Waals surface area (Å²) in [5, 5.41) is 16.1. The van der Waals surface area contributed by atoms with Gasteiger partial charge in [-0.1, -0.05) is 0 Å². The van der Waals surface area contributed by atoms with Crippen molar-refractivity contribution in [1.29, 1.82) is 0 Å². The van der Waals surface area contributed by atoms with E-state index in [4.69, 9.17) is 5.11 Å². The van der Waals surface area contributed by atoms with Crippen molar-refractivity contribution in [2.75, 3.05) is 19.6 Å². The van der Waals surface area contributed by atoms with Gasteiger partial charge in [0.25, 0.3) is 0 Å². The molecule has 0 spiro atoms. The summed E-state index contributed by atoms with van der Waals surface area (Å²) < 4.78 is 1.45. The van der Waals surface area contributed by atoms with Gasteiger partial charge < -0.3 is 10.4 Å². The summed E-state index contributed by atoms with van der Waals surface area (Å²) in [5.74, 6) is -0.612. The van der Waals surface area contributed by atoms with Crippen LogP contribution in [0.3, 0.4) is 0 Å². The van der Waals surface area contributed by atoms with Crippen LogP contribution in [-0.4, -0.2) is 56.8 Å². The molecular formula is C16H26N4O3. The highest BCUT2D eigenvalue weighted by Crippen LogP contribution is 2.25. The van der Waals surface area contributed by atoms with Crippen LogP contribution in [0.5, 0.6) is 0 Å². The van der Waals surface area contributed by atoms with Crippen molar-refractivity contribution in [2.45, 2.75) is 51.6 Å². The molecule has 0 aliphatic carbocycles. The molecule has 0 saturated carbocycles. The largest absolute Gasteiger partial charge is 0.480 e. The molecule has 2 heterocycles. The van der Waals surface area contributed by atoms with E-state index in [0.717, 1.165) is 31.6 Å². The van der Waals surface area contributed by atoms with Gasteiger partial charge in [-0.25, -0.2) is 0 Å². The van der Waals surface area contributed by atoms with Crippen molar-refractivity contribution in [2.24, 2.45) is 0 Å². The lowest BCUT2D eigenvalue weighted by atomic mass is 9.95. The molecule has 0 radical (unpaired) electrons. The Kier molecular flexibility index (Phi) is 5.41. The van der Waals surface area contributed by atoms with Gasteiger partial charge in [-0.3, -0.25) is 19.2 Å². The summed E-state index contributed by atoms with van der Waals surface area (Å²) in [4.78, 5) is 24.9. The SMILES string of the molecule is CC(C)(C)NC(=O)CN1CCC[C@H](c2ccn(CC(=O)O)n2)C1. The van der Waals surface area contributed by atoms with Crippen molar-refractivity contribution in [3.63, 3.8) is 0 Å². The molecule has 1 amide bonds. The van der Waals surface area contributed by atoms with Crippen LogP contribution >= 0.6 is 0 Å². The molecule has 7 nitrogen and oxygen atoms in total. The van der Waals surface area contributed by atoms with E-state index in [0.29, 0.717) is 6.54 Å². The normalized spacial score (nSPS) is 19.5. The minimum absolute atomic E-state index is 0.0366. The van der Waals surface area contributed by atoms with Gasteiger partial charge in [0.15, 0.2) is 0 Å². The molecular weight excluding hydrogens is 296 g/mol. The monoisotopic (exact) mass is 322 g/mol. The minimum atomic E-state index is -0.899. The van der Waals surface area contributed by atoms with Crippen molar-refractivity contribution < 1.29 is 14.7 Å². The third-order valence-electron chi connectivity index (χ3n) is 3.76. The summed E-state index contributed by atoms with van der Waals surface area (Å²) in [5.41, 5.74) is 0.689. The average Bonchev–Trinajstić information content (AvgIpc) is 2.84. The highest BCUT2D eigenvalue weighted by Gasteiger charge is 2.25. The number of likely N-dealkylation sites (tertiary alicyclic amines) is 1. The maximum Gasteiger partial charge on any atom is 0.325 e. The fraction of sp³-hybridized carbons (Fsp3) is 0.688. The predicted molar refractivity (Wildman–Crippen MR) is 86.2 cm³/mol. The standard InChI is InChI=1S/C16H26N4O3/c1-16(2,3)17-14(21)10-19-7-4-5-12(9-19)13-6-8-20(18-13)11-15(22)23/h6,8,12H,4-5,7,9-11H2,1-3H3,(H,17,21)(H,22,23)/t12-/m0/s1. The van der Waals surface area contributed by atoms with E-state index >= 15 is 0 Å². The van der Waals surface area contributed by atoms with E-state index in [1.807, 2.05) is 26.8 Å². The first-order valence-corrected chi connectivity index (χ1v) is 8.01. The molecule has 1 aliphatic heterocycles. The maximum atomic E-state index is 12.1. The van der Waals surface area contributed by atoms with Crippen molar-refractivity contribution in [1.82, 2.24) is 20.0 Å². The summed E-state index contributed by atoms with van der Waals surface area (Å²) in [6.45, 7) is 7.87. The van der Waals surface area contributed by atoms with Gasteiger partial charge in [0.05, 0.1) is 12.2 Å². The number of carboxylic acids is 1. The molecule has 7 heteroatoms. The van der Waals surface area contributed by atoms with Gasteiger partial charge in [0.1, 0.15) is 6.54 Å². The number of aliphatic carboxylic acids is 1. The molecule has 1 aliphatic rings. The molecule has 128 valence electrons. The van der Waals surface area contributed by atoms with E-state index in [2.05, 4.69) is 15.3 Å². The van der Waals surface area contributed by atoms with Gasteiger partial charge in [-0.2, -0.15) is 5.10 Å². The highest BCUT2D eigenvalue weighted by molar-refractivity contribution is 5.78. The Morgan fingerprint density at radius 3 is 2.78 bits per heavy atom. The second kappa shape index (κ2) is 7.12. The Labute approximate surface area is 136 Å². The first kappa shape index (κ1) is 17.5. The number of amides is 1. The number of piperidine rings is 1. The Morgan fingerprint density at radius 1 is 1.39 bits per heavy atom. The van der Waals surface area contributed by atoms with Crippen LogP contribution in [0.2, 0.25) is 0 Å². The molecule has 1 saturated heterocycles. The molecule has 1 atom stereocenters. The van der Waals surface area contributed by atoms with E-state index in [1.165, 1.54) is 4.68 Å². The first-order valence-electron chi connectivity index (χ1n) is 8.01. The van der Waals surface area contributed by atoms with Crippen molar-refractivity contribution >= 4 is 11.9 Å². The number of aromatic nitrogens is 2. The lowest BCUT2D eigenvalue weighted by Gasteiger charge is -2.32. The number of nitrogens with one attached hydrogen (secondary N) is 1. The van der Waals surface area contributed by atoms with Gasteiger partial charge in [-0.05, 0) is 46.2 Å². The zero-order valence-corrected chi connectivity index (χ0v) is 14.1. The van der Waals surface area contributed by atoms with Crippen LogP contribution in [0.4, 0.5) is 0 Å². The number of nitrogens with zero attached hydrogens (tertiary/aromatic N) is 3. The summed E-state index contributed by atoms with van der Waals surface area (Å²) in [6, 6.07) is 1.88. The average molecular weight is 322 g/mol. The fourth-order valence-corrected chi connectivity index (χ4v) is 2.92. The van der Waals surface area contributed by atoms with E-state index in [9.17, 15) is 9.59 Å². The zero-order chi connectivity index (χ0) is 17.0. The smallest absolute Gasteiger partial charge is 0.325 e. The number of hydrogen-bond acceptors (Lipinski definition) is 4. The molecule has 2 N–H and O–H groups in total. The molecule has 2 rings (SSSR count). The zero-order valence-electron chi connectivity index (χ0n) is 14.1. The topological polar surface area (TPSA) is 87.5 Å². The second-order valence-electron chi connectivity index (χ2n) is 7.20. The Balaban J connectivity index is 1.91. The molecule has 1 fully saturated rings. The van der Waals surface area contributed by atoms with Crippen LogP contribution in [0, 0.1) is 0 Å². The molecule has 0 unspecified atom stereocenters. The Bertz CT molecular complexity index is 562. The van der Waals surface area contributed by atoms with Crippen LogP contribution in [0.1, 0.15) is 45.2 Å². The number of carboxylic acid groups (broad SMARTS) is 1. The summed E-state index contributed by atoms with van der Waals surface area (Å²) in [6.07, 6.45) is 3.73. The van der Waals surface area contributed by atoms with Crippen LogP contribution in [-0.2, 0) is 16.1 Å². The first-order chi connectivity index (χ1) is 10.7. The van der Waals surface area contributed by atoms with Gasteiger partial charge in [0, 0.05) is 24.2 Å². The molecule has 0 aromatic carbocycles.